The lowest BCUT2D eigenvalue weighted by Gasteiger charge is -2.33. The van der Waals surface area contributed by atoms with E-state index in [2.05, 4.69) is 11.6 Å². The van der Waals surface area contributed by atoms with E-state index >= 15 is 0 Å². The van der Waals surface area contributed by atoms with Crippen molar-refractivity contribution < 1.29 is 61.8 Å². The second-order valence-electron chi connectivity index (χ2n) is 3.36. The van der Waals surface area contributed by atoms with E-state index in [4.69, 9.17) is 0 Å². The predicted octanol–water partition coefficient (Wildman–Crippen LogP) is 5.37. The minimum Gasteiger partial charge on any atom is -0.244 e. The van der Waals surface area contributed by atoms with Gasteiger partial charge in [0.1, 0.15) is 0 Å². The van der Waals surface area contributed by atoms with Gasteiger partial charge in [0, 0.05) is 0 Å². The largest absolute Gasteiger partial charge is 0.439 e. The van der Waals surface area contributed by atoms with Crippen LogP contribution < -0.4 is 0 Å². The summed E-state index contributed by atoms with van der Waals surface area (Å²) in [5, 5.41) is -6.07. The summed E-state index contributed by atoms with van der Waals surface area (Å²) in [6.07, 6.45) is -18.0. The Morgan fingerprint density at radius 2 is 1.05 bits per heavy atom. The molecule has 0 bridgehead atoms. The standard InChI is InChI=1S/C7ClF13O/c8-5(16,17)7(20,21)22-6(18,19)4(14,15)3(12,13)1(9)2(10)11. The van der Waals surface area contributed by atoms with E-state index in [-0.39, 0.29) is 0 Å². The Kier molecular flexibility index (Phi) is 5.38. The molecule has 0 unspecified atom stereocenters. The van der Waals surface area contributed by atoms with Crippen LogP contribution in [-0.2, 0) is 4.74 Å². The fourth-order valence-electron chi connectivity index (χ4n) is 0.722. The molecular weight excluding hydrogens is 383 g/mol. The molecule has 0 fully saturated rings. The molecule has 0 spiro atoms. The Morgan fingerprint density at radius 1 is 0.682 bits per heavy atom. The van der Waals surface area contributed by atoms with Crippen molar-refractivity contribution in [3.63, 3.8) is 0 Å². The van der Waals surface area contributed by atoms with Gasteiger partial charge in [0.25, 0.3) is 0 Å². The van der Waals surface area contributed by atoms with Crippen molar-refractivity contribution in [1.29, 1.82) is 0 Å². The molecule has 0 heterocycles. The fourth-order valence-corrected chi connectivity index (χ4v) is 0.761. The monoisotopic (exact) mass is 382 g/mol. The van der Waals surface area contributed by atoms with Gasteiger partial charge >= 0.3 is 35.5 Å². The lowest BCUT2D eigenvalue weighted by atomic mass is 10.1. The second kappa shape index (κ2) is 5.62. The zero-order valence-corrected chi connectivity index (χ0v) is 9.96. The zero-order chi connectivity index (χ0) is 18.4. The minimum atomic E-state index is -7.40. The van der Waals surface area contributed by atoms with E-state index < -0.39 is 41.4 Å². The van der Waals surface area contributed by atoms with Crippen molar-refractivity contribution >= 4 is 11.6 Å². The fraction of sp³-hybridized carbons (Fsp3) is 0.714. The maximum absolute atomic E-state index is 12.7. The van der Waals surface area contributed by atoms with Crippen LogP contribution >= 0.6 is 11.6 Å². The minimum absolute atomic E-state index is 1.56. The highest BCUT2D eigenvalue weighted by molar-refractivity contribution is 6.22. The molecule has 0 aromatic heterocycles. The third kappa shape index (κ3) is 3.52. The van der Waals surface area contributed by atoms with Crippen LogP contribution in [0.5, 0.6) is 0 Å². The van der Waals surface area contributed by atoms with Crippen molar-refractivity contribution in [2.45, 2.75) is 29.4 Å². The predicted molar refractivity (Wildman–Crippen MR) is 42.0 cm³/mol. The van der Waals surface area contributed by atoms with Crippen molar-refractivity contribution in [2.75, 3.05) is 0 Å². The van der Waals surface area contributed by atoms with Crippen molar-refractivity contribution in [1.82, 2.24) is 0 Å². The van der Waals surface area contributed by atoms with Gasteiger partial charge in [-0.15, -0.1) is 0 Å². The van der Waals surface area contributed by atoms with Crippen LogP contribution in [0.2, 0.25) is 0 Å². The average Bonchev–Trinajstić information content (AvgIpc) is 2.24. The molecule has 1 nitrogen and oxygen atoms in total. The Bertz CT molecular complexity index is 446. The quantitative estimate of drug-likeness (QED) is 0.443. The van der Waals surface area contributed by atoms with Gasteiger partial charge in [-0.1, -0.05) is 0 Å². The SMILES string of the molecule is FC(F)=C(F)C(F)(F)C(F)(F)C(F)(F)OC(F)(F)C(F)(F)Cl. The number of allylic oxidation sites excluding steroid dienone is 1. The molecule has 0 aliphatic heterocycles. The van der Waals surface area contributed by atoms with Crippen LogP contribution in [-0.4, -0.2) is 29.4 Å². The molecule has 0 rings (SSSR count). The number of halogens is 14. The van der Waals surface area contributed by atoms with Crippen LogP contribution in [0.25, 0.3) is 0 Å². The van der Waals surface area contributed by atoms with E-state index in [0.717, 1.165) is 0 Å². The zero-order valence-electron chi connectivity index (χ0n) is 9.20. The van der Waals surface area contributed by atoms with Crippen LogP contribution in [0.4, 0.5) is 57.1 Å². The first-order valence-corrected chi connectivity index (χ1v) is 4.68. The molecule has 0 amide bonds. The highest BCUT2D eigenvalue weighted by atomic mass is 35.5. The molecule has 0 aliphatic carbocycles. The van der Waals surface area contributed by atoms with Gasteiger partial charge in [0.15, 0.2) is 0 Å². The Balaban J connectivity index is 5.84. The van der Waals surface area contributed by atoms with Crippen LogP contribution in [0.15, 0.2) is 11.9 Å². The summed E-state index contributed by atoms with van der Waals surface area (Å²) in [5.41, 5.74) is 0. The Hall–Kier alpha value is -0.920. The molecule has 0 radical (unpaired) electrons. The first-order chi connectivity index (χ1) is 9.31. The summed E-state index contributed by atoms with van der Waals surface area (Å²) in [7, 11) is 0. The molecule has 22 heavy (non-hydrogen) atoms. The van der Waals surface area contributed by atoms with Gasteiger partial charge in [-0.3, -0.25) is 0 Å². The number of rotatable bonds is 6. The van der Waals surface area contributed by atoms with E-state index in [1.54, 1.807) is 4.74 Å². The van der Waals surface area contributed by atoms with Gasteiger partial charge in [-0.25, -0.2) is 4.74 Å². The molecule has 0 atom stereocenters. The lowest BCUT2D eigenvalue weighted by Crippen LogP contribution is -2.59. The molecule has 0 N–H and O–H groups in total. The smallest absolute Gasteiger partial charge is 0.244 e. The summed E-state index contributed by atoms with van der Waals surface area (Å²) in [6.45, 7) is 0. The van der Waals surface area contributed by atoms with Gasteiger partial charge in [-0.05, 0) is 11.6 Å². The highest BCUT2D eigenvalue weighted by Gasteiger charge is 2.79. The Labute approximate surface area is 116 Å². The maximum atomic E-state index is 12.7. The Morgan fingerprint density at radius 3 is 1.32 bits per heavy atom. The van der Waals surface area contributed by atoms with Crippen LogP contribution in [0.3, 0.4) is 0 Å². The van der Waals surface area contributed by atoms with Gasteiger partial charge in [0.2, 0.25) is 5.83 Å². The summed E-state index contributed by atoms with van der Waals surface area (Å²) in [6, 6.07) is 0. The van der Waals surface area contributed by atoms with E-state index in [0.29, 0.717) is 0 Å². The highest BCUT2D eigenvalue weighted by Crippen LogP contribution is 2.54. The second-order valence-corrected chi connectivity index (χ2v) is 3.83. The first-order valence-electron chi connectivity index (χ1n) is 4.30. The van der Waals surface area contributed by atoms with E-state index in [1.165, 1.54) is 0 Å². The molecule has 15 heteroatoms. The van der Waals surface area contributed by atoms with Gasteiger partial charge in [0.05, 0.1) is 0 Å². The average molecular weight is 383 g/mol. The van der Waals surface area contributed by atoms with Gasteiger partial charge in [-0.2, -0.15) is 57.1 Å². The third-order valence-corrected chi connectivity index (χ3v) is 2.01. The summed E-state index contributed by atoms with van der Waals surface area (Å²) >= 11 is 3.53. The maximum Gasteiger partial charge on any atom is 0.439 e. The number of ether oxygens (including phenoxy) is 1. The van der Waals surface area contributed by atoms with E-state index in [1.807, 2.05) is 0 Å². The van der Waals surface area contributed by atoms with E-state index in [9.17, 15) is 57.1 Å². The number of hydrogen-bond donors (Lipinski definition) is 0. The molecule has 0 aromatic carbocycles. The topological polar surface area (TPSA) is 9.23 Å². The molecule has 0 aliphatic rings. The molecular formula is C7ClF13O. The van der Waals surface area contributed by atoms with Crippen LogP contribution in [0, 0.1) is 0 Å². The van der Waals surface area contributed by atoms with Crippen molar-refractivity contribution in [2.24, 2.45) is 0 Å². The van der Waals surface area contributed by atoms with Crippen molar-refractivity contribution in [3.05, 3.63) is 11.9 Å². The molecule has 132 valence electrons. The summed E-state index contributed by atoms with van der Waals surface area (Å²) in [5.74, 6) is -18.9. The van der Waals surface area contributed by atoms with Crippen molar-refractivity contribution in [3.8, 4) is 0 Å². The molecule has 0 aromatic rings. The molecule has 0 saturated carbocycles. The van der Waals surface area contributed by atoms with Crippen LogP contribution in [0.1, 0.15) is 0 Å². The summed E-state index contributed by atoms with van der Waals surface area (Å²) in [4.78, 5) is 0. The normalized spacial score (nSPS) is 15.0. The van der Waals surface area contributed by atoms with Gasteiger partial charge < -0.3 is 0 Å². The number of hydrogen-bond acceptors (Lipinski definition) is 1. The lowest BCUT2D eigenvalue weighted by molar-refractivity contribution is -0.474. The first kappa shape index (κ1) is 21.1. The molecule has 0 saturated heterocycles. The summed E-state index contributed by atoms with van der Waals surface area (Å²) < 4.78 is 161. The number of alkyl halides is 11. The third-order valence-electron chi connectivity index (χ3n) is 1.79.